The minimum absolute atomic E-state index is 0.156. The van der Waals surface area contributed by atoms with Crippen molar-refractivity contribution in [1.29, 1.82) is 0 Å². The lowest BCUT2D eigenvalue weighted by Gasteiger charge is -2.17. The third-order valence-electron chi connectivity index (χ3n) is 5.03. The minimum Gasteiger partial charge on any atom is -0.492 e. The number of carbonyl (C=O) groups is 1. The number of aromatic nitrogens is 2. The zero-order valence-corrected chi connectivity index (χ0v) is 17.1. The molecule has 6 nitrogen and oxygen atoms in total. The predicted octanol–water partition coefficient (Wildman–Crippen LogP) is 4.66. The Morgan fingerprint density at radius 3 is 2.83 bits per heavy atom. The van der Waals surface area contributed by atoms with Crippen LogP contribution in [0, 0.1) is 11.7 Å². The molecule has 8 heteroatoms. The van der Waals surface area contributed by atoms with Gasteiger partial charge in [-0.1, -0.05) is 35.9 Å². The molecule has 1 aliphatic heterocycles. The molecular formula is C22H22ClFN4O2. The predicted molar refractivity (Wildman–Crippen MR) is 113 cm³/mol. The van der Waals surface area contributed by atoms with E-state index in [2.05, 4.69) is 10.4 Å². The van der Waals surface area contributed by atoms with Crippen LogP contribution in [0.4, 0.5) is 14.9 Å². The first-order valence-electron chi connectivity index (χ1n) is 9.77. The molecule has 2 heterocycles. The van der Waals surface area contributed by atoms with Gasteiger partial charge >= 0.3 is 6.03 Å². The SMILES string of the molecule is O=C(Nc1cnn(Cc2ccc(F)cc2)c1)N1CCC(COc2ccccc2Cl)C1. The Morgan fingerprint density at radius 1 is 1.23 bits per heavy atom. The molecule has 0 bridgehead atoms. The van der Waals surface area contributed by atoms with Crippen molar-refractivity contribution >= 4 is 23.3 Å². The summed E-state index contributed by atoms with van der Waals surface area (Å²) in [5, 5.41) is 7.73. The van der Waals surface area contributed by atoms with Crippen LogP contribution in [0.1, 0.15) is 12.0 Å². The number of hydrogen-bond acceptors (Lipinski definition) is 3. The van der Waals surface area contributed by atoms with Crippen molar-refractivity contribution in [2.45, 2.75) is 13.0 Å². The van der Waals surface area contributed by atoms with Crippen molar-refractivity contribution in [3.05, 3.63) is 77.3 Å². The molecule has 0 spiro atoms. The molecular weight excluding hydrogens is 407 g/mol. The zero-order chi connectivity index (χ0) is 20.9. The van der Waals surface area contributed by atoms with Crippen LogP contribution < -0.4 is 10.1 Å². The van der Waals surface area contributed by atoms with E-state index in [1.807, 2.05) is 18.2 Å². The highest BCUT2D eigenvalue weighted by atomic mass is 35.5. The van der Waals surface area contributed by atoms with E-state index in [-0.39, 0.29) is 17.8 Å². The van der Waals surface area contributed by atoms with E-state index in [0.717, 1.165) is 12.0 Å². The van der Waals surface area contributed by atoms with E-state index in [1.165, 1.54) is 12.1 Å². The summed E-state index contributed by atoms with van der Waals surface area (Å²) in [6.07, 6.45) is 4.24. The number of rotatable bonds is 6. The fourth-order valence-electron chi connectivity index (χ4n) is 3.42. The topological polar surface area (TPSA) is 59.4 Å². The summed E-state index contributed by atoms with van der Waals surface area (Å²) in [4.78, 5) is 14.3. The van der Waals surface area contributed by atoms with Gasteiger partial charge in [-0.05, 0) is 36.2 Å². The fraction of sp³-hybridized carbons (Fsp3) is 0.273. The largest absolute Gasteiger partial charge is 0.492 e. The lowest BCUT2D eigenvalue weighted by molar-refractivity contribution is 0.214. The van der Waals surface area contributed by atoms with Gasteiger partial charge in [-0.3, -0.25) is 4.68 Å². The van der Waals surface area contributed by atoms with Crippen molar-refractivity contribution in [3.63, 3.8) is 0 Å². The lowest BCUT2D eigenvalue weighted by atomic mass is 10.1. The van der Waals surface area contributed by atoms with Crippen LogP contribution in [-0.2, 0) is 6.54 Å². The number of nitrogens with zero attached hydrogens (tertiary/aromatic N) is 3. The number of halogens is 2. The van der Waals surface area contributed by atoms with E-state index < -0.39 is 0 Å². The van der Waals surface area contributed by atoms with Gasteiger partial charge in [-0.2, -0.15) is 5.10 Å². The molecule has 1 atom stereocenters. The van der Waals surface area contributed by atoms with Crippen LogP contribution in [-0.4, -0.2) is 40.4 Å². The van der Waals surface area contributed by atoms with Crippen molar-refractivity contribution in [1.82, 2.24) is 14.7 Å². The van der Waals surface area contributed by atoms with Gasteiger partial charge in [0.1, 0.15) is 11.6 Å². The molecule has 156 valence electrons. The number of para-hydroxylation sites is 1. The molecule has 2 amide bonds. The second-order valence-corrected chi connectivity index (χ2v) is 7.73. The molecule has 30 heavy (non-hydrogen) atoms. The highest BCUT2D eigenvalue weighted by Crippen LogP contribution is 2.25. The van der Waals surface area contributed by atoms with Crippen molar-refractivity contribution in [2.24, 2.45) is 5.92 Å². The summed E-state index contributed by atoms with van der Waals surface area (Å²) in [7, 11) is 0. The number of likely N-dealkylation sites (tertiary alicyclic amines) is 1. The number of amides is 2. The van der Waals surface area contributed by atoms with E-state index >= 15 is 0 Å². The number of ether oxygens (including phenoxy) is 1. The van der Waals surface area contributed by atoms with E-state index in [0.29, 0.717) is 42.7 Å². The van der Waals surface area contributed by atoms with Gasteiger partial charge in [0, 0.05) is 25.2 Å². The third kappa shape index (κ3) is 5.10. The Kier molecular flexibility index (Phi) is 6.18. The second kappa shape index (κ2) is 9.17. The summed E-state index contributed by atoms with van der Waals surface area (Å²) in [6, 6.07) is 13.5. The van der Waals surface area contributed by atoms with Crippen molar-refractivity contribution < 1.29 is 13.9 Å². The summed E-state index contributed by atoms with van der Waals surface area (Å²) in [6.45, 7) is 2.32. The van der Waals surface area contributed by atoms with Gasteiger partial charge in [0.15, 0.2) is 0 Å². The lowest BCUT2D eigenvalue weighted by Crippen LogP contribution is -2.33. The molecule has 3 aromatic rings. The van der Waals surface area contributed by atoms with Gasteiger partial charge in [0.05, 0.1) is 30.1 Å². The Morgan fingerprint density at radius 2 is 2.03 bits per heavy atom. The maximum Gasteiger partial charge on any atom is 0.321 e. The molecule has 1 aliphatic rings. The first kappa shape index (κ1) is 20.2. The van der Waals surface area contributed by atoms with Crippen LogP contribution in [0.3, 0.4) is 0 Å². The monoisotopic (exact) mass is 428 g/mol. The van der Waals surface area contributed by atoms with E-state index in [4.69, 9.17) is 16.3 Å². The smallest absolute Gasteiger partial charge is 0.321 e. The summed E-state index contributed by atoms with van der Waals surface area (Å²) in [5.41, 5.74) is 1.55. The molecule has 4 rings (SSSR count). The molecule has 1 aromatic heterocycles. The Labute approximate surface area is 179 Å². The Hall–Kier alpha value is -3.06. The van der Waals surface area contributed by atoms with Gasteiger partial charge < -0.3 is 15.0 Å². The van der Waals surface area contributed by atoms with Gasteiger partial charge in [0.25, 0.3) is 0 Å². The van der Waals surface area contributed by atoms with Crippen LogP contribution in [0.5, 0.6) is 5.75 Å². The standard InChI is InChI=1S/C22H22ClFN4O2/c23-20-3-1-2-4-21(20)30-15-17-9-10-27(12-17)22(29)26-19-11-25-28(14-19)13-16-5-7-18(24)8-6-16/h1-8,11,14,17H,9-10,12-13,15H2,(H,26,29). The van der Waals surface area contributed by atoms with Crippen LogP contribution in [0.15, 0.2) is 60.9 Å². The van der Waals surface area contributed by atoms with E-state index in [1.54, 1.807) is 40.2 Å². The van der Waals surface area contributed by atoms with Crippen LogP contribution >= 0.6 is 11.6 Å². The van der Waals surface area contributed by atoms with Gasteiger partial charge in [-0.15, -0.1) is 0 Å². The number of nitrogens with one attached hydrogen (secondary N) is 1. The number of urea groups is 1. The molecule has 1 saturated heterocycles. The first-order valence-corrected chi connectivity index (χ1v) is 10.1. The Balaban J connectivity index is 1.26. The maximum atomic E-state index is 13.0. The zero-order valence-electron chi connectivity index (χ0n) is 16.3. The summed E-state index contributed by atoms with van der Waals surface area (Å²) < 4.78 is 20.5. The highest BCUT2D eigenvalue weighted by molar-refractivity contribution is 6.32. The molecule has 0 radical (unpaired) electrons. The van der Waals surface area contributed by atoms with E-state index in [9.17, 15) is 9.18 Å². The first-order chi connectivity index (χ1) is 14.6. The molecule has 1 fully saturated rings. The maximum absolute atomic E-state index is 13.0. The molecule has 0 saturated carbocycles. The van der Waals surface area contributed by atoms with Crippen LogP contribution in [0.2, 0.25) is 5.02 Å². The number of benzene rings is 2. The van der Waals surface area contributed by atoms with Crippen molar-refractivity contribution in [3.8, 4) is 5.75 Å². The molecule has 1 N–H and O–H groups in total. The molecule has 2 aromatic carbocycles. The van der Waals surface area contributed by atoms with Crippen LogP contribution in [0.25, 0.3) is 0 Å². The Bertz CT molecular complexity index is 1010. The summed E-state index contributed by atoms with van der Waals surface area (Å²) >= 11 is 6.11. The quantitative estimate of drug-likeness (QED) is 0.621. The number of hydrogen-bond donors (Lipinski definition) is 1. The average Bonchev–Trinajstić information content (AvgIpc) is 3.39. The normalized spacial score (nSPS) is 15.9. The fourth-order valence-corrected chi connectivity index (χ4v) is 3.61. The average molecular weight is 429 g/mol. The van der Waals surface area contributed by atoms with Gasteiger partial charge in [0.2, 0.25) is 0 Å². The second-order valence-electron chi connectivity index (χ2n) is 7.33. The minimum atomic E-state index is -0.270. The molecule has 1 unspecified atom stereocenters. The number of anilines is 1. The van der Waals surface area contributed by atoms with Crippen molar-refractivity contribution in [2.75, 3.05) is 25.0 Å². The summed E-state index contributed by atoms with van der Waals surface area (Å²) in [5.74, 6) is 0.650. The molecule has 0 aliphatic carbocycles. The number of carbonyl (C=O) groups excluding carboxylic acids is 1. The highest BCUT2D eigenvalue weighted by Gasteiger charge is 2.27. The van der Waals surface area contributed by atoms with Gasteiger partial charge in [-0.25, -0.2) is 9.18 Å². The third-order valence-corrected chi connectivity index (χ3v) is 5.34.